The number of hydrogen-bond acceptors (Lipinski definition) is 6. The minimum absolute atomic E-state index is 0.0737. The van der Waals surface area contributed by atoms with Gasteiger partial charge in [0.15, 0.2) is 6.10 Å². The zero-order valence-corrected chi connectivity index (χ0v) is 54.6. The summed E-state index contributed by atoms with van der Waals surface area (Å²) >= 11 is 0. The lowest BCUT2D eigenvalue weighted by Crippen LogP contribution is -2.30. The van der Waals surface area contributed by atoms with E-state index >= 15 is 0 Å². The molecule has 0 aliphatic carbocycles. The third-order valence-electron chi connectivity index (χ3n) is 16.3. The van der Waals surface area contributed by atoms with Gasteiger partial charge < -0.3 is 14.2 Å². The molecule has 0 spiro atoms. The first kappa shape index (κ1) is 78.4. The predicted molar refractivity (Wildman–Crippen MR) is 353 cm³/mol. The topological polar surface area (TPSA) is 78.9 Å². The molecule has 0 aliphatic rings. The molecule has 0 N–H and O–H groups in total. The first-order valence-electron chi connectivity index (χ1n) is 36.1. The summed E-state index contributed by atoms with van der Waals surface area (Å²) in [5.74, 6) is -0.861. The SMILES string of the molecule is CCCC/C=C\C/C=C\CCCCCCCC(=O)OCC(COC(=O)CCCCCCCCCCCCCCC/C=C\C/C=C\CCCCCCC)OC(=O)CCCCCCCCCCCCCCCCCCCCCCCCCC. The summed E-state index contributed by atoms with van der Waals surface area (Å²) < 4.78 is 17.0. The van der Waals surface area contributed by atoms with Gasteiger partial charge in [0, 0.05) is 19.3 Å². The Bertz CT molecular complexity index is 1400. The van der Waals surface area contributed by atoms with Gasteiger partial charge in [-0.05, 0) is 77.0 Å². The Morgan fingerprint density at radius 3 is 0.716 bits per heavy atom. The molecule has 0 bridgehead atoms. The van der Waals surface area contributed by atoms with Crippen molar-refractivity contribution in [2.75, 3.05) is 13.2 Å². The summed E-state index contributed by atoms with van der Waals surface area (Å²) in [6.07, 6.45) is 88.6. The fourth-order valence-corrected chi connectivity index (χ4v) is 10.8. The fourth-order valence-electron chi connectivity index (χ4n) is 10.8. The Balaban J connectivity index is 4.25. The van der Waals surface area contributed by atoms with Crippen molar-refractivity contribution in [2.24, 2.45) is 0 Å². The van der Waals surface area contributed by atoms with E-state index in [4.69, 9.17) is 14.2 Å². The van der Waals surface area contributed by atoms with Crippen LogP contribution in [-0.2, 0) is 28.6 Å². The van der Waals surface area contributed by atoms with E-state index in [1.54, 1.807) is 0 Å². The summed E-state index contributed by atoms with van der Waals surface area (Å²) in [6, 6.07) is 0. The van der Waals surface area contributed by atoms with Crippen LogP contribution in [0.5, 0.6) is 0 Å². The lowest BCUT2D eigenvalue weighted by atomic mass is 10.0. The number of carbonyl (C=O) groups excluding carboxylic acids is 3. The van der Waals surface area contributed by atoms with E-state index in [0.717, 1.165) is 83.5 Å². The molecule has 81 heavy (non-hydrogen) atoms. The molecule has 0 rings (SSSR count). The summed E-state index contributed by atoms with van der Waals surface area (Å²) in [7, 11) is 0. The molecule has 0 aromatic heterocycles. The van der Waals surface area contributed by atoms with E-state index in [1.165, 1.54) is 270 Å². The summed E-state index contributed by atoms with van der Waals surface area (Å²) in [5, 5.41) is 0. The largest absolute Gasteiger partial charge is 0.462 e. The van der Waals surface area contributed by atoms with Crippen LogP contribution in [0, 0.1) is 0 Å². The Kier molecular flexibility index (Phi) is 67.6. The molecular weight excluding hydrogens is 997 g/mol. The summed E-state index contributed by atoms with van der Waals surface area (Å²) in [4.78, 5) is 38.5. The van der Waals surface area contributed by atoms with Gasteiger partial charge in [-0.15, -0.1) is 0 Å². The van der Waals surface area contributed by atoms with E-state index in [2.05, 4.69) is 69.4 Å². The number of allylic oxidation sites excluding steroid dienone is 8. The van der Waals surface area contributed by atoms with Crippen LogP contribution in [0.2, 0.25) is 0 Å². The number of esters is 3. The molecule has 1 unspecified atom stereocenters. The Morgan fingerprint density at radius 1 is 0.247 bits per heavy atom. The highest BCUT2D eigenvalue weighted by Gasteiger charge is 2.19. The van der Waals surface area contributed by atoms with Crippen molar-refractivity contribution in [3.05, 3.63) is 48.6 Å². The second-order valence-corrected chi connectivity index (χ2v) is 24.5. The molecule has 0 saturated carbocycles. The van der Waals surface area contributed by atoms with Crippen molar-refractivity contribution in [3.63, 3.8) is 0 Å². The molecule has 0 aromatic rings. The average Bonchev–Trinajstić information content (AvgIpc) is 3.47. The van der Waals surface area contributed by atoms with Crippen molar-refractivity contribution < 1.29 is 28.6 Å². The number of carbonyl (C=O) groups is 3. The zero-order valence-electron chi connectivity index (χ0n) is 54.6. The number of hydrogen-bond donors (Lipinski definition) is 0. The van der Waals surface area contributed by atoms with E-state index in [-0.39, 0.29) is 31.1 Å². The van der Waals surface area contributed by atoms with Gasteiger partial charge in [-0.25, -0.2) is 0 Å². The molecule has 474 valence electrons. The van der Waals surface area contributed by atoms with Crippen molar-refractivity contribution in [1.29, 1.82) is 0 Å². The highest BCUT2D eigenvalue weighted by molar-refractivity contribution is 5.71. The van der Waals surface area contributed by atoms with Gasteiger partial charge in [-0.3, -0.25) is 14.4 Å². The second-order valence-electron chi connectivity index (χ2n) is 24.5. The van der Waals surface area contributed by atoms with Gasteiger partial charge in [0.2, 0.25) is 0 Å². The van der Waals surface area contributed by atoms with Gasteiger partial charge in [-0.2, -0.15) is 0 Å². The monoisotopic (exact) mass is 1140 g/mol. The molecule has 0 radical (unpaired) electrons. The maximum Gasteiger partial charge on any atom is 0.306 e. The van der Waals surface area contributed by atoms with Crippen molar-refractivity contribution in [3.8, 4) is 0 Å². The molecule has 1 atom stereocenters. The Hall–Kier alpha value is -2.63. The first-order chi connectivity index (χ1) is 40.0. The van der Waals surface area contributed by atoms with Crippen LogP contribution in [0.1, 0.15) is 393 Å². The van der Waals surface area contributed by atoms with Crippen LogP contribution in [0.25, 0.3) is 0 Å². The predicted octanol–water partition coefficient (Wildman–Crippen LogP) is 24.9. The molecule has 0 saturated heterocycles. The van der Waals surface area contributed by atoms with Crippen LogP contribution in [0.4, 0.5) is 0 Å². The smallest absolute Gasteiger partial charge is 0.306 e. The molecule has 0 aliphatic heterocycles. The van der Waals surface area contributed by atoms with Crippen LogP contribution in [0.3, 0.4) is 0 Å². The van der Waals surface area contributed by atoms with E-state index in [9.17, 15) is 14.4 Å². The van der Waals surface area contributed by atoms with Crippen LogP contribution in [-0.4, -0.2) is 37.2 Å². The molecule has 0 heterocycles. The minimum atomic E-state index is -0.779. The minimum Gasteiger partial charge on any atom is -0.462 e. The van der Waals surface area contributed by atoms with Crippen molar-refractivity contribution >= 4 is 17.9 Å². The Morgan fingerprint density at radius 2 is 0.457 bits per heavy atom. The Labute approximate surface area is 505 Å². The molecule has 6 nitrogen and oxygen atoms in total. The number of ether oxygens (including phenoxy) is 3. The molecule has 6 heteroatoms. The third-order valence-corrected chi connectivity index (χ3v) is 16.3. The highest BCUT2D eigenvalue weighted by Crippen LogP contribution is 2.19. The van der Waals surface area contributed by atoms with E-state index in [0.29, 0.717) is 19.3 Å². The van der Waals surface area contributed by atoms with Gasteiger partial charge in [0.1, 0.15) is 13.2 Å². The maximum atomic E-state index is 13.0. The highest BCUT2D eigenvalue weighted by atomic mass is 16.6. The maximum absolute atomic E-state index is 13.0. The quantitative estimate of drug-likeness (QED) is 0.0261. The second kappa shape index (κ2) is 69.9. The van der Waals surface area contributed by atoms with Gasteiger partial charge in [-0.1, -0.05) is 345 Å². The van der Waals surface area contributed by atoms with E-state index < -0.39 is 6.10 Å². The molecular formula is C75H138O6. The van der Waals surface area contributed by atoms with Crippen LogP contribution >= 0.6 is 0 Å². The lowest BCUT2D eigenvalue weighted by Gasteiger charge is -2.18. The van der Waals surface area contributed by atoms with Crippen molar-refractivity contribution in [1.82, 2.24) is 0 Å². The zero-order chi connectivity index (χ0) is 58.5. The lowest BCUT2D eigenvalue weighted by molar-refractivity contribution is -0.167. The summed E-state index contributed by atoms with van der Waals surface area (Å²) in [5.41, 5.74) is 0. The third kappa shape index (κ3) is 68.0. The summed E-state index contributed by atoms with van der Waals surface area (Å²) in [6.45, 7) is 6.65. The van der Waals surface area contributed by atoms with Gasteiger partial charge in [0.25, 0.3) is 0 Å². The fraction of sp³-hybridized carbons (Fsp3) is 0.853. The van der Waals surface area contributed by atoms with E-state index in [1.807, 2.05) is 0 Å². The molecule has 0 aromatic carbocycles. The average molecular weight is 1140 g/mol. The van der Waals surface area contributed by atoms with Crippen molar-refractivity contribution in [2.45, 2.75) is 399 Å². The first-order valence-corrected chi connectivity index (χ1v) is 36.1. The van der Waals surface area contributed by atoms with Crippen LogP contribution < -0.4 is 0 Å². The number of unbranched alkanes of at least 4 members (excludes halogenated alkanes) is 48. The normalized spacial score (nSPS) is 12.3. The number of rotatable bonds is 67. The van der Waals surface area contributed by atoms with Gasteiger partial charge in [0.05, 0.1) is 0 Å². The van der Waals surface area contributed by atoms with Gasteiger partial charge >= 0.3 is 17.9 Å². The molecule has 0 fully saturated rings. The molecule has 0 amide bonds. The standard InChI is InChI=1S/C75H138O6/c1-4-7-10-13-16-19-22-25-28-30-32-34-36-38-40-41-43-45-47-50-53-56-59-62-65-68-74(77)80-71-72(70-79-73(76)67-64-61-58-55-52-49-27-24-21-18-15-12-9-6-3)81-75(78)69-66-63-60-57-54-51-48-46-44-42-39-37-35-33-31-29-26-23-20-17-14-11-8-5-2/h15,18,22,24-25,27,30,32,72H,4-14,16-17,19-21,23,26,28-29,31,33-71H2,1-3H3/b18-15-,25-22-,27-24-,32-30-. The van der Waals surface area contributed by atoms with Crippen LogP contribution in [0.15, 0.2) is 48.6 Å².